The molecule has 0 fully saturated rings. The second-order valence-corrected chi connectivity index (χ2v) is 7.71. The van der Waals surface area contributed by atoms with Crippen LogP contribution in [-0.4, -0.2) is 24.9 Å². The normalized spacial score (nSPS) is 14.4. The van der Waals surface area contributed by atoms with Crippen molar-refractivity contribution in [2.75, 3.05) is 7.11 Å². The van der Waals surface area contributed by atoms with E-state index in [-0.39, 0.29) is 11.6 Å². The fourth-order valence-corrected chi connectivity index (χ4v) is 3.68. The minimum absolute atomic E-state index is 0.103. The van der Waals surface area contributed by atoms with Crippen LogP contribution in [0, 0.1) is 10.5 Å². The third-order valence-corrected chi connectivity index (χ3v) is 5.27. The number of furan rings is 1. The van der Waals surface area contributed by atoms with Crippen molar-refractivity contribution in [2.45, 2.75) is 6.92 Å². The van der Waals surface area contributed by atoms with Crippen molar-refractivity contribution in [3.05, 3.63) is 86.5 Å². The molecule has 31 heavy (non-hydrogen) atoms. The van der Waals surface area contributed by atoms with E-state index in [1.54, 1.807) is 42.5 Å². The van der Waals surface area contributed by atoms with Gasteiger partial charge in [-0.15, -0.1) is 0 Å². The second-order valence-electron chi connectivity index (χ2n) is 6.55. The highest BCUT2D eigenvalue weighted by Crippen LogP contribution is 2.35. The van der Waals surface area contributed by atoms with Gasteiger partial charge in [-0.25, -0.2) is 14.6 Å². The summed E-state index contributed by atoms with van der Waals surface area (Å²) in [4.78, 5) is 29.0. The Morgan fingerprint density at radius 3 is 2.68 bits per heavy atom. The lowest BCUT2D eigenvalue weighted by Crippen LogP contribution is -2.11. The quantitative estimate of drug-likeness (QED) is 0.205. The molecule has 0 saturated carbocycles. The minimum atomic E-state index is -0.588. The molecule has 3 aromatic rings. The fraction of sp³-hybridized carbons (Fsp3) is 0.0870. The Bertz CT molecular complexity index is 1230. The molecule has 0 saturated heterocycles. The Hall–Kier alpha value is -3.40. The molecule has 0 amide bonds. The average Bonchev–Trinajstić information content (AvgIpc) is 3.40. The summed E-state index contributed by atoms with van der Waals surface area (Å²) in [5, 5.41) is 0. The van der Waals surface area contributed by atoms with Crippen molar-refractivity contribution in [3.8, 4) is 11.5 Å². The minimum Gasteiger partial charge on any atom is -0.493 e. The van der Waals surface area contributed by atoms with Gasteiger partial charge in [-0.1, -0.05) is 18.2 Å². The van der Waals surface area contributed by atoms with Crippen molar-refractivity contribution >= 4 is 46.5 Å². The first-order valence-electron chi connectivity index (χ1n) is 9.18. The van der Waals surface area contributed by atoms with Crippen LogP contribution in [0.3, 0.4) is 0 Å². The van der Waals surface area contributed by atoms with E-state index in [1.807, 2.05) is 41.6 Å². The van der Waals surface area contributed by atoms with Crippen molar-refractivity contribution in [3.63, 3.8) is 0 Å². The van der Waals surface area contributed by atoms with Crippen LogP contribution in [0.1, 0.15) is 27.2 Å². The highest BCUT2D eigenvalue weighted by Gasteiger charge is 2.26. The third-order valence-electron chi connectivity index (χ3n) is 4.47. The van der Waals surface area contributed by atoms with E-state index in [1.165, 1.54) is 13.4 Å². The van der Waals surface area contributed by atoms with Gasteiger partial charge in [-0.2, -0.15) is 0 Å². The van der Waals surface area contributed by atoms with Gasteiger partial charge in [0.1, 0.15) is 0 Å². The molecule has 0 N–H and O–H groups in total. The standard InChI is InChI=1S/C23H16INO6/c1-13-6-3-4-7-15(13)22(26)30-20-16(24)10-14(12-19(20)28-2)11-17-23(27)31-21(25-17)18-8-5-9-29-18/h3-12H,1-2H3/b17-11-. The van der Waals surface area contributed by atoms with E-state index in [0.717, 1.165) is 5.56 Å². The molecule has 0 spiro atoms. The van der Waals surface area contributed by atoms with Gasteiger partial charge in [0.25, 0.3) is 5.90 Å². The summed E-state index contributed by atoms with van der Waals surface area (Å²) in [6, 6.07) is 13.9. The number of methoxy groups -OCH3 is 1. The van der Waals surface area contributed by atoms with E-state index in [9.17, 15) is 9.59 Å². The number of benzene rings is 2. The summed E-state index contributed by atoms with van der Waals surface area (Å²) >= 11 is 2.05. The lowest BCUT2D eigenvalue weighted by Gasteiger charge is -2.13. The summed E-state index contributed by atoms with van der Waals surface area (Å²) in [6.07, 6.45) is 3.04. The average molecular weight is 529 g/mol. The molecule has 1 aromatic heterocycles. The topological polar surface area (TPSA) is 87.3 Å². The van der Waals surface area contributed by atoms with Crippen LogP contribution < -0.4 is 9.47 Å². The van der Waals surface area contributed by atoms with Gasteiger partial charge in [0.05, 0.1) is 22.5 Å². The van der Waals surface area contributed by atoms with Crippen LogP contribution in [0.2, 0.25) is 0 Å². The van der Waals surface area contributed by atoms with E-state index < -0.39 is 11.9 Å². The number of carbonyl (C=O) groups excluding carboxylic acids is 2. The van der Waals surface area contributed by atoms with Crippen LogP contribution in [0.15, 0.2) is 69.9 Å². The molecule has 2 heterocycles. The van der Waals surface area contributed by atoms with Crippen molar-refractivity contribution < 1.29 is 28.2 Å². The number of cyclic esters (lactones) is 1. The molecule has 4 rings (SSSR count). The number of hydrogen-bond acceptors (Lipinski definition) is 7. The Morgan fingerprint density at radius 1 is 1.16 bits per heavy atom. The predicted octanol–water partition coefficient (Wildman–Crippen LogP) is 4.76. The lowest BCUT2D eigenvalue weighted by atomic mass is 10.1. The summed E-state index contributed by atoms with van der Waals surface area (Å²) in [6.45, 7) is 1.84. The zero-order valence-electron chi connectivity index (χ0n) is 16.5. The van der Waals surface area contributed by atoms with Crippen molar-refractivity contribution in [2.24, 2.45) is 4.99 Å². The smallest absolute Gasteiger partial charge is 0.363 e. The highest BCUT2D eigenvalue weighted by atomic mass is 127. The Morgan fingerprint density at radius 2 is 1.97 bits per heavy atom. The summed E-state index contributed by atoms with van der Waals surface area (Å²) in [5.74, 6) is 0.0477. The Kier molecular flexibility index (Phi) is 5.90. The third kappa shape index (κ3) is 4.38. The van der Waals surface area contributed by atoms with Crippen LogP contribution in [-0.2, 0) is 9.53 Å². The van der Waals surface area contributed by atoms with E-state index in [4.69, 9.17) is 18.6 Å². The van der Waals surface area contributed by atoms with Crippen LogP contribution >= 0.6 is 22.6 Å². The number of aliphatic imine (C=N–C) groups is 1. The van der Waals surface area contributed by atoms with E-state index >= 15 is 0 Å². The summed E-state index contributed by atoms with van der Waals surface area (Å²) in [5.41, 5.74) is 2.04. The van der Waals surface area contributed by atoms with Crippen molar-refractivity contribution in [1.82, 2.24) is 0 Å². The van der Waals surface area contributed by atoms with Gasteiger partial charge in [0.15, 0.2) is 23.0 Å². The monoisotopic (exact) mass is 529 g/mol. The lowest BCUT2D eigenvalue weighted by molar-refractivity contribution is -0.130. The van der Waals surface area contributed by atoms with Gasteiger partial charge in [-0.3, -0.25) is 0 Å². The van der Waals surface area contributed by atoms with Gasteiger partial charge in [0.2, 0.25) is 0 Å². The summed E-state index contributed by atoms with van der Waals surface area (Å²) in [7, 11) is 1.48. The van der Waals surface area contributed by atoms with Crippen molar-refractivity contribution in [1.29, 1.82) is 0 Å². The number of nitrogens with zero attached hydrogens (tertiary/aromatic N) is 1. The van der Waals surface area contributed by atoms with Crippen LogP contribution in [0.25, 0.3) is 6.08 Å². The number of rotatable bonds is 5. The Labute approximate surface area is 191 Å². The van der Waals surface area contributed by atoms with Gasteiger partial charge < -0.3 is 18.6 Å². The second kappa shape index (κ2) is 8.76. The number of halogens is 1. The molecule has 8 heteroatoms. The maximum Gasteiger partial charge on any atom is 0.363 e. The molecule has 1 aliphatic rings. The summed E-state index contributed by atoms with van der Waals surface area (Å²) < 4.78 is 22.1. The molecule has 0 radical (unpaired) electrons. The molecule has 0 unspecified atom stereocenters. The van der Waals surface area contributed by atoms with E-state index in [0.29, 0.717) is 32.0 Å². The predicted molar refractivity (Wildman–Crippen MR) is 121 cm³/mol. The van der Waals surface area contributed by atoms with Gasteiger partial charge in [0, 0.05) is 0 Å². The zero-order chi connectivity index (χ0) is 22.0. The maximum absolute atomic E-state index is 12.6. The number of esters is 2. The molecule has 2 aromatic carbocycles. The molecular weight excluding hydrogens is 513 g/mol. The first-order valence-corrected chi connectivity index (χ1v) is 10.3. The molecule has 1 aliphatic heterocycles. The fourth-order valence-electron chi connectivity index (χ4n) is 2.94. The van der Waals surface area contributed by atoms with E-state index in [2.05, 4.69) is 4.99 Å². The van der Waals surface area contributed by atoms with Crippen LogP contribution in [0.5, 0.6) is 11.5 Å². The highest BCUT2D eigenvalue weighted by molar-refractivity contribution is 14.1. The first kappa shape index (κ1) is 20.9. The van der Waals surface area contributed by atoms with Gasteiger partial charge in [-0.05, 0) is 77.0 Å². The number of hydrogen-bond donors (Lipinski definition) is 0. The molecule has 0 atom stereocenters. The molecular formula is C23H16INO6. The number of carbonyl (C=O) groups is 2. The molecule has 0 aliphatic carbocycles. The Balaban J connectivity index is 1.64. The largest absolute Gasteiger partial charge is 0.493 e. The molecule has 156 valence electrons. The van der Waals surface area contributed by atoms with Gasteiger partial charge >= 0.3 is 11.9 Å². The first-order chi connectivity index (χ1) is 15.0. The maximum atomic E-state index is 12.6. The SMILES string of the molecule is COc1cc(/C=C2\N=C(c3ccco3)OC2=O)cc(I)c1OC(=O)c1ccccc1C. The van der Waals surface area contributed by atoms with Crippen LogP contribution in [0.4, 0.5) is 0 Å². The molecule has 0 bridgehead atoms. The number of aryl methyl sites for hydroxylation is 1. The molecule has 7 nitrogen and oxygen atoms in total. The number of ether oxygens (including phenoxy) is 3. The zero-order valence-corrected chi connectivity index (χ0v) is 18.7.